The molecule has 0 bridgehead atoms. The van der Waals surface area contributed by atoms with Gasteiger partial charge in [-0.2, -0.15) is 0 Å². The second-order valence-corrected chi connectivity index (χ2v) is 5.40. The summed E-state index contributed by atoms with van der Waals surface area (Å²) in [7, 11) is 3.89. The highest BCUT2D eigenvalue weighted by Crippen LogP contribution is 2.15. The van der Waals surface area contributed by atoms with E-state index < -0.39 is 0 Å². The van der Waals surface area contributed by atoms with Crippen LogP contribution in [0.15, 0.2) is 0 Å². The van der Waals surface area contributed by atoms with Crippen molar-refractivity contribution in [3.63, 3.8) is 0 Å². The highest BCUT2D eigenvalue weighted by molar-refractivity contribution is 5.85. The number of carbonyl (C=O) groups excluding carboxylic acids is 1. The number of rotatable bonds is 5. The first-order valence-corrected chi connectivity index (χ1v) is 6.67. The normalized spacial score (nSPS) is 20.6. The summed E-state index contributed by atoms with van der Waals surface area (Å²) in [6.45, 7) is 7.87. The van der Waals surface area contributed by atoms with Crippen LogP contribution >= 0.6 is 12.4 Å². The Kier molecular flexibility index (Phi) is 8.57. The lowest BCUT2D eigenvalue weighted by Gasteiger charge is -2.33. The van der Waals surface area contributed by atoms with Gasteiger partial charge in [-0.15, -0.1) is 12.4 Å². The van der Waals surface area contributed by atoms with Crippen molar-refractivity contribution in [2.75, 3.05) is 40.3 Å². The minimum Gasteiger partial charge on any atom is -0.342 e. The Hall–Kier alpha value is -0.320. The molecule has 1 saturated heterocycles. The molecule has 1 aliphatic rings. The molecule has 1 rings (SSSR count). The van der Waals surface area contributed by atoms with E-state index in [0.29, 0.717) is 18.5 Å². The molecular weight excluding hydrogens is 250 g/mol. The second kappa shape index (κ2) is 8.73. The topological polar surface area (TPSA) is 35.6 Å². The minimum absolute atomic E-state index is 0. The molecule has 1 N–H and O–H groups in total. The average molecular weight is 278 g/mol. The SMILES string of the molecule is CNCC1CCCN(CC(=O)N(C)C(C)C)C1.Cl. The largest absolute Gasteiger partial charge is 0.342 e. The molecule has 1 fully saturated rings. The zero-order valence-corrected chi connectivity index (χ0v) is 12.9. The van der Waals surface area contributed by atoms with Crippen LogP contribution in [0.1, 0.15) is 26.7 Å². The smallest absolute Gasteiger partial charge is 0.236 e. The average Bonchev–Trinajstić information content (AvgIpc) is 2.28. The number of likely N-dealkylation sites (tertiary alicyclic amines) is 1. The summed E-state index contributed by atoms with van der Waals surface area (Å²) in [6, 6.07) is 0.292. The third-order valence-electron chi connectivity index (χ3n) is 3.62. The van der Waals surface area contributed by atoms with Crippen LogP contribution in [0.3, 0.4) is 0 Å². The Labute approximate surface area is 117 Å². The molecule has 0 saturated carbocycles. The van der Waals surface area contributed by atoms with Gasteiger partial charge in [0.05, 0.1) is 6.54 Å². The fourth-order valence-corrected chi connectivity index (χ4v) is 2.34. The second-order valence-electron chi connectivity index (χ2n) is 5.40. The first kappa shape index (κ1) is 17.7. The van der Waals surface area contributed by atoms with E-state index in [1.165, 1.54) is 12.8 Å². The molecule has 1 atom stereocenters. The van der Waals surface area contributed by atoms with E-state index in [-0.39, 0.29) is 18.3 Å². The van der Waals surface area contributed by atoms with Gasteiger partial charge < -0.3 is 10.2 Å². The lowest BCUT2D eigenvalue weighted by Crippen LogP contribution is -2.46. The number of hydrogen-bond donors (Lipinski definition) is 1. The molecule has 0 aromatic rings. The van der Waals surface area contributed by atoms with Crippen molar-refractivity contribution in [2.45, 2.75) is 32.7 Å². The molecule has 1 aliphatic heterocycles. The molecule has 0 radical (unpaired) electrons. The van der Waals surface area contributed by atoms with Gasteiger partial charge in [0.25, 0.3) is 0 Å². The van der Waals surface area contributed by atoms with Crippen molar-refractivity contribution in [3.8, 4) is 0 Å². The van der Waals surface area contributed by atoms with E-state index in [1.807, 2.05) is 19.0 Å². The van der Waals surface area contributed by atoms with Crippen molar-refractivity contribution in [2.24, 2.45) is 5.92 Å². The fraction of sp³-hybridized carbons (Fsp3) is 0.923. The zero-order valence-electron chi connectivity index (χ0n) is 12.1. The van der Waals surface area contributed by atoms with Gasteiger partial charge in [-0.3, -0.25) is 9.69 Å². The van der Waals surface area contributed by atoms with Gasteiger partial charge in [0.1, 0.15) is 0 Å². The Morgan fingerprint density at radius 2 is 2.17 bits per heavy atom. The van der Waals surface area contributed by atoms with Crippen molar-refractivity contribution in [1.29, 1.82) is 0 Å². The summed E-state index contributed by atoms with van der Waals surface area (Å²) >= 11 is 0. The van der Waals surface area contributed by atoms with Gasteiger partial charge >= 0.3 is 0 Å². The molecule has 5 heteroatoms. The predicted octanol–water partition coefficient (Wildman–Crippen LogP) is 1.21. The number of carbonyl (C=O) groups is 1. The van der Waals surface area contributed by atoms with Crippen LogP contribution < -0.4 is 5.32 Å². The van der Waals surface area contributed by atoms with Crippen molar-refractivity contribution in [3.05, 3.63) is 0 Å². The standard InChI is InChI=1S/C13H27N3O.ClH/c1-11(2)15(4)13(17)10-16-7-5-6-12(9-16)8-14-3;/h11-12,14H,5-10H2,1-4H3;1H. The lowest BCUT2D eigenvalue weighted by atomic mass is 9.98. The maximum absolute atomic E-state index is 12.0. The van der Waals surface area contributed by atoms with Gasteiger partial charge in [0, 0.05) is 19.6 Å². The summed E-state index contributed by atoms with van der Waals surface area (Å²) in [6.07, 6.45) is 2.50. The van der Waals surface area contributed by atoms with Crippen LogP contribution in [0.2, 0.25) is 0 Å². The molecule has 1 amide bonds. The number of halogens is 1. The van der Waals surface area contributed by atoms with E-state index in [9.17, 15) is 4.79 Å². The molecule has 18 heavy (non-hydrogen) atoms. The zero-order chi connectivity index (χ0) is 12.8. The number of nitrogens with zero attached hydrogens (tertiary/aromatic N) is 2. The van der Waals surface area contributed by atoms with Crippen molar-refractivity contribution < 1.29 is 4.79 Å². The summed E-state index contributed by atoms with van der Waals surface area (Å²) in [5.41, 5.74) is 0. The summed E-state index contributed by atoms with van der Waals surface area (Å²) in [5, 5.41) is 3.23. The van der Waals surface area contributed by atoms with Crippen LogP contribution in [-0.2, 0) is 4.79 Å². The third-order valence-corrected chi connectivity index (χ3v) is 3.62. The molecule has 108 valence electrons. The van der Waals surface area contributed by atoms with E-state index >= 15 is 0 Å². The number of amides is 1. The predicted molar refractivity (Wildman–Crippen MR) is 78.2 cm³/mol. The van der Waals surface area contributed by atoms with E-state index in [2.05, 4.69) is 24.1 Å². The maximum Gasteiger partial charge on any atom is 0.236 e. The summed E-state index contributed by atoms with van der Waals surface area (Å²) in [5.74, 6) is 0.941. The van der Waals surface area contributed by atoms with Gasteiger partial charge in [0.2, 0.25) is 5.91 Å². The highest BCUT2D eigenvalue weighted by Gasteiger charge is 2.22. The van der Waals surface area contributed by atoms with Crippen LogP contribution in [0.4, 0.5) is 0 Å². The highest BCUT2D eigenvalue weighted by atomic mass is 35.5. The van der Waals surface area contributed by atoms with Gasteiger partial charge in [-0.25, -0.2) is 0 Å². The number of piperidine rings is 1. The third kappa shape index (κ3) is 5.55. The molecule has 1 unspecified atom stereocenters. The molecular formula is C13H28ClN3O. The molecule has 0 aromatic heterocycles. The van der Waals surface area contributed by atoms with Crippen LogP contribution in [0, 0.1) is 5.92 Å². The van der Waals surface area contributed by atoms with Gasteiger partial charge in [0.15, 0.2) is 0 Å². The fourth-order valence-electron chi connectivity index (χ4n) is 2.34. The van der Waals surface area contributed by atoms with E-state index in [1.54, 1.807) is 0 Å². The lowest BCUT2D eigenvalue weighted by molar-refractivity contribution is -0.133. The van der Waals surface area contributed by atoms with E-state index in [0.717, 1.165) is 19.6 Å². The quantitative estimate of drug-likeness (QED) is 0.820. The summed E-state index contributed by atoms with van der Waals surface area (Å²) < 4.78 is 0. The number of likely N-dealkylation sites (N-methyl/N-ethyl adjacent to an activating group) is 1. The van der Waals surface area contributed by atoms with Crippen LogP contribution in [0.25, 0.3) is 0 Å². The first-order valence-electron chi connectivity index (χ1n) is 6.67. The molecule has 0 spiro atoms. The summed E-state index contributed by atoms with van der Waals surface area (Å²) in [4.78, 5) is 16.1. The first-order chi connectivity index (χ1) is 8.04. The van der Waals surface area contributed by atoms with Gasteiger partial charge in [-0.1, -0.05) is 0 Å². The number of nitrogens with one attached hydrogen (secondary N) is 1. The minimum atomic E-state index is 0. The van der Waals surface area contributed by atoms with Crippen molar-refractivity contribution in [1.82, 2.24) is 15.1 Å². The molecule has 4 nitrogen and oxygen atoms in total. The molecule has 1 heterocycles. The van der Waals surface area contributed by atoms with E-state index in [4.69, 9.17) is 0 Å². The maximum atomic E-state index is 12.0. The van der Waals surface area contributed by atoms with Gasteiger partial charge in [-0.05, 0) is 52.7 Å². The molecule has 0 aromatic carbocycles. The molecule has 0 aliphatic carbocycles. The Morgan fingerprint density at radius 3 is 2.72 bits per heavy atom. The Balaban J connectivity index is 0.00000289. The number of hydrogen-bond acceptors (Lipinski definition) is 3. The Bertz CT molecular complexity index is 246. The van der Waals surface area contributed by atoms with Crippen molar-refractivity contribution >= 4 is 18.3 Å². The van der Waals surface area contributed by atoms with Crippen LogP contribution in [0.5, 0.6) is 0 Å². The Morgan fingerprint density at radius 1 is 1.50 bits per heavy atom. The monoisotopic (exact) mass is 277 g/mol. The van der Waals surface area contributed by atoms with Crippen LogP contribution in [-0.4, -0.2) is 62.0 Å².